The minimum absolute atomic E-state index is 0.0241. The fourth-order valence-corrected chi connectivity index (χ4v) is 4.21. The standard InChI is InChI=1S/C15H21NO5S/c1-2-21-11-12-5-4-8-16(10-12)22(19,20)14-7-3-6-13(9-14)15(17)18/h3,6-7,9,12H,2,4-5,8,10-11H2,1H3,(H,17,18). The van der Waals surface area contributed by atoms with E-state index in [-0.39, 0.29) is 16.4 Å². The van der Waals surface area contributed by atoms with Crippen LogP contribution in [0.25, 0.3) is 0 Å². The molecule has 1 N–H and O–H groups in total. The van der Waals surface area contributed by atoms with Crippen molar-refractivity contribution in [2.75, 3.05) is 26.3 Å². The number of benzene rings is 1. The smallest absolute Gasteiger partial charge is 0.335 e. The Labute approximate surface area is 130 Å². The van der Waals surface area contributed by atoms with Crippen LogP contribution in [0, 0.1) is 5.92 Å². The molecule has 0 aliphatic carbocycles. The lowest BCUT2D eigenvalue weighted by Crippen LogP contribution is -2.41. The Kier molecular flexibility index (Phi) is 5.55. The van der Waals surface area contributed by atoms with E-state index in [1.807, 2.05) is 6.92 Å². The molecule has 2 rings (SSSR count). The maximum atomic E-state index is 12.7. The minimum Gasteiger partial charge on any atom is -0.478 e. The van der Waals surface area contributed by atoms with Crippen LogP contribution in [-0.2, 0) is 14.8 Å². The first kappa shape index (κ1) is 16.9. The van der Waals surface area contributed by atoms with Crippen molar-refractivity contribution < 1.29 is 23.1 Å². The Hall–Kier alpha value is -1.44. The highest BCUT2D eigenvalue weighted by Crippen LogP contribution is 2.24. The summed E-state index contributed by atoms with van der Waals surface area (Å²) in [5.74, 6) is -0.948. The molecule has 1 heterocycles. The number of rotatable bonds is 6. The first-order valence-electron chi connectivity index (χ1n) is 7.36. The average molecular weight is 327 g/mol. The normalized spacial score (nSPS) is 20.0. The number of carbonyl (C=O) groups is 1. The Balaban J connectivity index is 2.18. The van der Waals surface area contributed by atoms with Crippen molar-refractivity contribution in [3.63, 3.8) is 0 Å². The molecule has 1 atom stereocenters. The highest BCUT2D eigenvalue weighted by Gasteiger charge is 2.30. The molecule has 7 heteroatoms. The molecular weight excluding hydrogens is 306 g/mol. The van der Waals surface area contributed by atoms with Crippen LogP contribution < -0.4 is 0 Å². The maximum Gasteiger partial charge on any atom is 0.335 e. The molecule has 0 radical (unpaired) electrons. The summed E-state index contributed by atoms with van der Waals surface area (Å²) in [7, 11) is -3.66. The molecule has 6 nitrogen and oxygen atoms in total. The molecule has 22 heavy (non-hydrogen) atoms. The number of piperidine rings is 1. The summed E-state index contributed by atoms with van der Waals surface area (Å²) in [6.45, 7) is 3.96. The van der Waals surface area contributed by atoms with Gasteiger partial charge in [0, 0.05) is 19.7 Å². The highest BCUT2D eigenvalue weighted by atomic mass is 32.2. The van der Waals surface area contributed by atoms with Crippen LogP contribution in [0.2, 0.25) is 0 Å². The molecular formula is C15H21NO5S. The van der Waals surface area contributed by atoms with Gasteiger partial charge in [0.1, 0.15) is 0 Å². The van der Waals surface area contributed by atoms with Gasteiger partial charge in [-0.2, -0.15) is 4.31 Å². The van der Waals surface area contributed by atoms with Gasteiger partial charge in [-0.3, -0.25) is 0 Å². The summed E-state index contributed by atoms with van der Waals surface area (Å²) in [6, 6.07) is 5.49. The van der Waals surface area contributed by atoms with E-state index in [1.165, 1.54) is 28.6 Å². The molecule has 1 aromatic rings. The molecule has 1 unspecified atom stereocenters. The lowest BCUT2D eigenvalue weighted by molar-refractivity contribution is 0.0696. The number of nitrogens with zero attached hydrogens (tertiary/aromatic N) is 1. The van der Waals surface area contributed by atoms with Crippen LogP contribution in [0.1, 0.15) is 30.1 Å². The van der Waals surface area contributed by atoms with Crippen molar-refractivity contribution in [2.24, 2.45) is 5.92 Å². The number of hydrogen-bond donors (Lipinski definition) is 1. The van der Waals surface area contributed by atoms with E-state index in [0.29, 0.717) is 26.3 Å². The third kappa shape index (κ3) is 3.85. The van der Waals surface area contributed by atoms with E-state index in [2.05, 4.69) is 0 Å². The summed E-state index contributed by atoms with van der Waals surface area (Å²) >= 11 is 0. The number of sulfonamides is 1. The van der Waals surface area contributed by atoms with Gasteiger partial charge < -0.3 is 9.84 Å². The van der Waals surface area contributed by atoms with Crippen LogP contribution in [0.4, 0.5) is 0 Å². The Bertz CT molecular complexity index is 629. The summed E-state index contributed by atoms with van der Waals surface area (Å²) < 4.78 is 32.2. The largest absolute Gasteiger partial charge is 0.478 e. The van der Waals surface area contributed by atoms with Crippen molar-refractivity contribution in [3.05, 3.63) is 29.8 Å². The summed E-state index contributed by atoms with van der Waals surface area (Å²) in [5, 5.41) is 9.00. The summed E-state index contributed by atoms with van der Waals surface area (Å²) in [5.41, 5.74) is -0.0241. The van der Waals surface area contributed by atoms with E-state index < -0.39 is 16.0 Å². The highest BCUT2D eigenvalue weighted by molar-refractivity contribution is 7.89. The van der Waals surface area contributed by atoms with Crippen LogP contribution in [0.5, 0.6) is 0 Å². The monoisotopic (exact) mass is 327 g/mol. The van der Waals surface area contributed by atoms with E-state index in [1.54, 1.807) is 0 Å². The predicted molar refractivity (Wildman–Crippen MR) is 81.4 cm³/mol. The molecule has 0 saturated carbocycles. The van der Waals surface area contributed by atoms with Gasteiger partial charge in [-0.05, 0) is 43.9 Å². The number of aromatic carboxylic acids is 1. The van der Waals surface area contributed by atoms with Crippen molar-refractivity contribution in [1.82, 2.24) is 4.31 Å². The fourth-order valence-electron chi connectivity index (χ4n) is 2.60. The second-order valence-electron chi connectivity index (χ2n) is 5.36. The van der Waals surface area contributed by atoms with Gasteiger partial charge in [0.15, 0.2) is 0 Å². The molecule has 0 spiro atoms. The van der Waals surface area contributed by atoms with Crippen molar-refractivity contribution >= 4 is 16.0 Å². The predicted octanol–water partition coefficient (Wildman–Crippen LogP) is 1.82. The molecule has 1 saturated heterocycles. The van der Waals surface area contributed by atoms with Crippen molar-refractivity contribution in [3.8, 4) is 0 Å². The Morgan fingerprint density at radius 3 is 2.91 bits per heavy atom. The molecule has 1 aromatic carbocycles. The first-order valence-corrected chi connectivity index (χ1v) is 8.80. The van der Waals surface area contributed by atoms with Crippen LogP contribution in [-0.4, -0.2) is 50.1 Å². The quantitative estimate of drug-likeness (QED) is 0.861. The van der Waals surface area contributed by atoms with Crippen LogP contribution in [0.3, 0.4) is 0 Å². The van der Waals surface area contributed by atoms with Crippen LogP contribution in [0.15, 0.2) is 29.2 Å². The fraction of sp³-hybridized carbons (Fsp3) is 0.533. The van der Waals surface area contributed by atoms with E-state index in [9.17, 15) is 13.2 Å². The number of carboxylic acid groups (broad SMARTS) is 1. The molecule has 1 aliphatic heterocycles. The first-order chi connectivity index (χ1) is 10.4. The topological polar surface area (TPSA) is 83.9 Å². The van der Waals surface area contributed by atoms with Gasteiger partial charge in [-0.1, -0.05) is 6.07 Å². The zero-order valence-electron chi connectivity index (χ0n) is 12.6. The van der Waals surface area contributed by atoms with E-state index in [0.717, 1.165) is 12.8 Å². The third-order valence-corrected chi connectivity index (χ3v) is 5.62. The van der Waals surface area contributed by atoms with Crippen LogP contribution >= 0.6 is 0 Å². The molecule has 0 aromatic heterocycles. The van der Waals surface area contributed by atoms with Gasteiger partial charge in [0.05, 0.1) is 17.1 Å². The average Bonchev–Trinajstić information content (AvgIpc) is 2.53. The molecule has 0 bridgehead atoms. The summed E-state index contributed by atoms with van der Waals surface area (Å²) in [6.07, 6.45) is 1.73. The maximum absolute atomic E-state index is 12.7. The second kappa shape index (κ2) is 7.21. The molecule has 1 aliphatic rings. The Morgan fingerprint density at radius 1 is 1.45 bits per heavy atom. The zero-order chi connectivity index (χ0) is 16.2. The Morgan fingerprint density at radius 2 is 2.23 bits per heavy atom. The SMILES string of the molecule is CCOCC1CCCN(S(=O)(=O)c2cccc(C(=O)O)c2)C1. The second-order valence-corrected chi connectivity index (χ2v) is 7.30. The lowest BCUT2D eigenvalue weighted by Gasteiger charge is -2.31. The molecule has 1 fully saturated rings. The lowest BCUT2D eigenvalue weighted by atomic mass is 10.0. The molecule has 122 valence electrons. The zero-order valence-corrected chi connectivity index (χ0v) is 13.4. The minimum atomic E-state index is -3.66. The van der Waals surface area contributed by atoms with Gasteiger partial charge >= 0.3 is 5.97 Å². The van der Waals surface area contributed by atoms with Gasteiger partial charge in [0.25, 0.3) is 0 Å². The van der Waals surface area contributed by atoms with Gasteiger partial charge in [-0.15, -0.1) is 0 Å². The summed E-state index contributed by atoms with van der Waals surface area (Å²) in [4.78, 5) is 11.0. The number of hydrogen-bond acceptors (Lipinski definition) is 4. The molecule has 0 amide bonds. The van der Waals surface area contributed by atoms with E-state index >= 15 is 0 Å². The van der Waals surface area contributed by atoms with Gasteiger partial charge in [0.2, 0.25) is 10.0 Å². The number of ether oxygens (including phenoxy) is 1. The van der Waals surface area contributed by atoms with E-state index in [4.69, 9.17) is 9.84 Å². The van der Waals surface area contributed by atoms with Gasteiger partial charge in [-0.25, -0.2) is 13.2 Å². The van der Waals surface area contributed by atoms with Crippen molar-refractivity contribution in [1.29, 1.82) is 0 Å². The van der Waals surface area contributed by atoms with Crippen molar-refractivity contribution in [2.45, 2.75) is 24.7 Å². The number of carboxylic acids is 1. The third-order valence-electron chi connectivity index (χ3n) is 3.76.